The van der Waals surface area contributed by atoms with Gasteiger partial charge in [-0.15, -0.1) is 0 Å². The molecule has 0 spiro atoms. The number of imide groups is 1. The summed E-state index contributed by atoms with van der Waals surface area (Å²) in [6.45, 7) is 1.82. The van der Waals surface area contributed by atoms with E-state index in [-0.39, 0.29) is 18.4 Å². The molecule has 0 aromatic carbocycles. The second-order valence-electron chi connectivity index (χ2n) is 6.45. The van der Waals surface area contributed by atoms with Crippen molar-refractivity contribution < 1.29 is 14.7 Å². The first-order chi connectivity index (χ1) is 10.5. The van der Waals surface area contributed by atoms with Crippen molar-refractivity contribution >= 4 is 23.3 Å². The lowest BCUT2D eigenvalue weighted by Crippen LogP contribution is -2.43. The number of carbonyl (C=O) groups is 2. The topological polar surface area (TPSA) is 69.6 Å². The number of amides is 3. The summed E-state index contributed by atoms with van der Waals surface area (Å²) in [6.07, 6.45) is 4.78. The van der Waals surface area contributed by atoms with Gasteiger partial charge in [0.15, 0.2) is 0 Å². The number of rotatable bonds is 4. The molecular formula is C16H22N2O3S. The molecule has 2 aliphatic rings. The van der Waals surface area contributed by atoms with E-state index in [1.54, 1.807) is 6.92 Å². The molecule has 0 radical (unpaired) electrons. The van der Waals surface area contributed by atoms with Gasteiger partial charge in [0.2, 0.25) is 0 Å². The molecule has 120 valence electrons. The molecule has 1 aliphatic heterocycles. The van der Waals surface area contributed by atoms with Crippen LogP contribution in [0.3, 0.4) is 0 Å². The number of hydrogen-bond acceptors (Lipinski definition) is 4. The molecule has 2 N–H and O–H groups in total. The average Bonchev–Trinajstić information content (AvgIpc) is 3.13. The van der Waals surface area contributed by atoms with E-state index >= 15 is 0 Å². The summed E-state index contributed by atoms with van der Waals surface area (Å²) in [6, 6.07) is 1.44. The summed E-state index contributed by atoms with van der Waals surface area (Å²) < 4.78 is 0. The van der Waals surface area contributed by atoms with Crippen molar-refractivity contribution in [1.82, 2.24) is 10.2 Å². The van der Waals surface area contributed by atoms with Crippen LogP contribution in [0.25, 0.3) is 0 Å². The molecule has 1 saturated carbocycles. The zero-order chi connectivity index (χ0) is 15.7. The fraction of sp³-hybridized carbons (Fsp3) is 0.625. The fourth-order valence-corrected chi connectivity index (χ4v) is 4.23. The Morgan fingerprint density at radius 2 is 2.14 bits per heavy atom. The Kier molecular flexibility index (Phi) is 4.23. The summed E-state index contributed by atoms with van der Waals surface area (Å²) in [4.78, 5) is 26.1. The van der Waals surface area contributed by atoms with Crippen molar-refractivity contribution in [3.05, 3.63) is 22.4 Å². The largest absolute Gasteiger partial charge is 0.391 e. The zero-order valence-corrected chi connectivity index (χ0v) is 13.6. The third kappa shape index (κ3) is 2.65. The quantitative estimate of drug-likeness (QED) is 0.837. The second kappa shape index (κ2) is 6.01. The smallest absolute Gasteiger partial charge is 0.325 e. The van der Waals surface area contributed by atoms with Crippen LogP contribution in [-0.2, 0) is 10.3 Å². The molecule has 22 heavy (non-hydrogen) atoms. The standard InChI is InChI=1S/C16H22N2O3S/c1-16(12-7-8-22-10-12)14(20)18(15(21)17-16)9-13(19)11-5-3-2-4-6-11/h7-8,10-11,13,19H,2-6,9H2,1H3,(H,17,21)/t13-,16+/m1/s1. The molecule has 2 fully saturated rings. The number of nitrogens with one attached hydrogen (secondary N) is 1. The summed E-state index contributed by atoms with van der Waals surface area (Å²) in [5.41, 5.74) is -0.214. The highest BCUT2D eigenvalue weighted by atomic mass is 32.1. The predicted octanol–water partition coefficient (Wildman–Crippen LogP) is 2.46. The highest BCUT2D eigenvalue weighted by Crippen LogP contribution is 2.32. The summed E-state index contributed by atoms with van der Waals surface area (Å²) in [5.74, 6) is -0.0758. The van der Waals surface area contributed by atoms with Crippen molar-refractivity contribution in [3.63, 3.8) is 0 Å². The van der Waals surface area contributed by atoms with Gasteiger partial charge in [-0.1, -0.05) is 19.3 Å². The van der Waals surface area contributed by atoms with Gasteiger partial charge in [0, 0.05) is 0 Å². The first-order valence-electron chi connectivity index (χ1n) is 7.87. The van der Waals surface area contributed by atoms with Crippen LogP contribution >= 0.6 is 11.3 Å². The Labute approximate surface area is 134 Å². The number of aliphatic hydroxyl groups excluding tert-OH is 1. The van der Waals surface area contributed by atoms with Crippen molar-refractivity contribution in [3.8, 4) is 0 Å². The summed E-state index contributed by atoms with van der Waals surface area (Å²) in [7, 11) is 0. The molecule has 6 heteroatoms. The molecule has 2 atom stereocenters. The van der Waals surface area contributed by atoms with Crippen LogP contribution < -0.4 is 5.32 Å². The van der Waals surface area contributed by atoms with Crippen LogP contribution in [0.15, 0.2) is 16.8 Å². The zero-order valence-electron chi connectivity index (χ0n) is 12.7. The fourth-order valence-electron chi connectivity index (χ4n) is 3.46. The SMILES string of the molecule is C[C@@]1(c2ccsc2)NC(=O)N(C[C@@H](O)C2CCCCC2)C1=O. The lowest BCUT2D eigenvalue weighted by Gasteiger charge is -2.29. The van der Waals surface area contributed by atoms with Crippen LogP contribution in [-0.4, -0.2) is 34.6 Å². The van der Waals surface area contributed by atoms with Crippen molar-refractivity contribution in [2.75, 3.05) is 6.54 Å². The van der Waals surface area contributed by atoms with E-state index in [0.29, 0.717) is 0 Å². The van der Waals surface area contributed by atoms with E-state index < -0.39 is 17.7 Å². The minimum atomic E-state index is -1.01. The van der Waals surface area contributed by atoms with E-state index in [0.717, 1.165) is 31.2 Å². The van der Waals surface area contributed by atoms with E-state index in [1.807, 2.05) is 16.8 Å². The number of aliphatic hydroxyl groups is 1. The Hall–Kier alpha value is -1.40. The molecule has 1 saturated heterocycles. The van der Waals surface area contributed by atoms with Gasteiger partial charge in [-0.25, -0.2) is 4.79 Å². The average molecular weight is 322 g/mol. The highest BCUT2D eigenvalue weighted by molar-refractivity contribution is 7.08. The molecule has 1 aromatic heterocycles. The van der Waals surface area contributed by atoms with Crippen LogP contribution in [0.2, 0.25) is 0 Å². The van der Waals surface area contributed by atoms with E-state index in [1.165, 1.54) is 22.7 Å². The Bertz CT molecular complexity index is 554. The molecule has 3 amide bonds. The Morgan fingerprint density at radius 3 is 2.77 bits per heavy atom. The first-order valence-corrected chi connectivity index (χ1v) is 8.81. The van der Waals surface area contributed by atoms with Crippen LogP contribution in [0.4, 0.5) is 4.79 Å². The molecule has 0 unspecified atom stereocenters. The highest BCUT2D eigenvalue weighted by Gasteiger charge is 2.49. The maximum atomic E-state index is 12.7. The van der Waals surface area contributed by atoms with E-state index in [4.69, 9.17) is 0 Å². The molecule has 5 nitrogen and oxygen atoms in total. The number of nitrogens with zero attached hydrogens (tertiary/aromatic N) is 1. The lowest BCUT2D eigenvalue weighted by molar-refractivity contribution is -0.132. The molecular weight excluding hydrogens is 300 g/mol. The van der Waals surface area contributed by atoms with Gasteiger partial charge < -0.3 is 10.4 Å². The number of β-amino-alcohol motifs (C(OH)–C–C–N with tert-alkyl or cyclic N) is 1. The maximum absolute atomic E-state index is 12.7. The van der Waals surface area contributed by atoms with Crippen LogP contribution in [0, 0.1) is 5.92 Å². The van der Waals surface area contributed by atoms with E-state index in [9.17, 15) is 14.7 Å². The summed E-state index contributed by atoms with van der Waals surface area (Å²) >= 11 is 1.49. The van der Waals surface area contributed by atoms with Crippen molar-refractivity contribution in [2.45, 2.75) is 50.7 Å². The van der Waals surface area contributed by atoms with Gasteiger partial charge in [-0.05, 0) is 48.1 Å². The van der Waals surface area contributed by atoms with Gasteiger partial charge in [0.05, 0.1) is 12.6 Å². The number of hydrogen-bond donors (Lipinski definition) is 2. The van der Waals surface area contributed by atoms with Gasteiger partial charge in [-0.2, -0.15) is 11.3 Å². The third-order valence-electron chi connectivity index (χ3n) is 4.94. The molecule has 1 aliphatic carbocycles. The van der Waals surface area contributed by atoms with E-state index in [2.05, 4.69) is 5.32 Å². The molecule has 0 bridgehead atoms. The van der Waals surface area contributed by atoms with Crippen LogP contribution in [0.5, 0.6) is 0 Å². The van der Waals surface area contributed by atoms with Gasteiger partial charge in [0.1, 0.15) is 5.54 Å². The first kappa shape index (κ1) is 15.5. The van der Waals surface area contributed by atoms with Crippen molar-refractivity contribution in [2.24, 2.45) is 5.92 Å². The van der Waals surface area contributed by atoms with Gasteiger partial charge in [0.25, 0.3) is 5.91 Å². The number of carbonyl (C=O) groups excluding carboxylic acids is 2. The minimum absolute atomic E-state index is 0.0923. The normalized spacial score (nSPS) is 28.0. The minimum Gasteiger partial charge on any atom is -0.391 e. The lowest BCUT2D eigenvalue weighted by atomic mass is 9.85. The number of thiophene rings is 1. The Morgan fingerprint density at radius 1 is 1.41 bits per heavy atom. The van der Waals surface area contributed by atoms with Crippen molar-refractivity contribution in [1.29, 1.82) is 0 Å². The monoisotopic (exact) mass is 322 g/mol. The Balaban J connectivity index is 1.72. The summed E-state index contributed by atoms with van der Waals surface area (Å²) in [5, 5.41) is 16.9. The van der Waals surface area contributed by atoms with Gasteiger partial charge in [-0.3, -0.25) is 9.69 Å². The third-order valence-corrected chi connectivity index (χ3v) is 5.62. The van der Waals surface area contributed by atoms with Crippen LogP contribution in [0.1, 0.15) is 44.6 Å². The molecule has 3 rings (SSSR count). The molecule has 1 aromatic rings. The second-order valence-corrected chi connectivity index (χ2v) is 7.23. The maximum Gasteiger partial charge on any atom is 0.325 e. The predicted molar refractivity (Wildman–Crippen MR) is 84.5 cm³/mol. The number of urea groups is 1. The molecule has 2 heterocycles. The van der Waals surface area contributed by atoms with Gasteiger partial charge >= 0.3 is 6.03 Å².